The molecule has 0 unspecified atom stereocenters. The molecule has 0 spiro atoms. The summed E-state index contributed by atoms with van der Waals surface area (Å²) in [6.07, 6.45) is 0.961. The molecule has 1 fully saturated rings. The van der Waals surface area contributed by atoms with Crippen LogP contribution in [-0.4, -0.2) is 60.3 Å². The highest BCUT2D eigenvalue weighted by Gasteiger charge is 2.15. The molecular formula is C13H21N3OS. The lowest BCUT2D eigenvalue weighted by Crippen LogP contribution is -2.45. The van der Waals surface area contributed by atoms with Gasteiger partial charge in [0.25, 0.3) is 0 Å². The fraction of sp³-hybridized carbons (Fsp3) is 0.692. The van der Waals surface area contributed by atoms with E-state index in [1.807, 2.05) is 6.92 Å². The predicted octanol–water partition coefficient (Wildman–Crippen LogP) is 1.44. The second-order valence-corrected chi connectivity index (χ2v) is 6.06. The van der Waals surface area contributed by atoms with E-state index in [1.54, 1.807) is 18.3 Å². The number of aryl methyl sites for hydroxylation is 1. The summed E-state index contributed by atoms with van der Waals surface area (Å²) in [5.41, 5.74) is 0.890. The van der Waals surface area contributed by atoms with Crippen molar-refractivity contribution in [3.63, 3.8) is 0 Å². The molecule has 1 saturated heterocycles. The van der Waals surface area contributed by atoms with Gasteiger partial charge in [0.15, 0.2) is 5.78 Å². The molecule has 0 saturated carbocycles. The average Bonchev–Trinajstić information content (AvgIpc) is 2.70. The zero-order valence-corrected chi connectivity index (χ0v) is 12.2. The number of likely N-dealkylation sites (N-methyl/N-ethyl adjacent to an activating group) is 1. The molecule has 0 amide bonds. The first kappa shape index (κ1) is 13.6. The van der Waals surface area contributed by atoms with E-state index in [-0.39, 0.29) is 5.78 Å². The van der Waals surface area contributed by atoms with E-state index in [1.165, 1.54) is 0 Å². The maximum absolute atomic E-state index is 11.4. The van der Waals surface area contributed by atoms with Crippen LogP contribution in [0.25, 0.3) is 0 Å². The number of rotatable bonds is 4. The molecule has 0 atom stereocenters. The Hall–Kier alpha value is -0.780. The normalized spacial score (nSPS) is 18.2. The lowest BCUT2D eigenvalue weighted by Gasteiger charge is -2.32. The van der Waals surface area contributed by atoms with Gasteiger partial charge in [-0.15, -0.1) is 11.3 Å². The van der Waals surface area contributed by atoms with Crippen LogP contribution in [0.3, 0.4) is 0 Å². The van der Waals surface area contributed by atoms with Gasteiger partial charge in [-0.2, -0.15) is 0 Å². The number of hydrogen-bond donors (Lipinski definition) is 0. The summed E-state index contributed by atoms with van der Waals surface area (Å²) in [5.74, 6) is 0.135. The Labute approximate surface area is 113 Å². The lowest BCUT2D eigenvalue weighted by atomic mass is 10.3. The van der Waals surface area contributed by atoms with Crippen LogP contribution in [0.4, 0.5) is 0 Å². The molecular weight excluding hydrogens is 246 g/mol. The summed E-state index contributed by atoms with van der Waals surface area (Å²) in [6, 6.07) is 0. The van der Waals surface area contributed by atoms with Crippen LogP contribution in [0, 0.1) is 6.92 Å². The second kappa shape index (κ2) is 5.91. The molecule has 18 heavy (non-hydrogen) atoms. The Kier molecular flexibility index (Phi) is 4.48. The average molecular weight is 267 g/mol. The zero-order valence-electron chi connectivity index (χ0n) is 11.4. The molecule has 1 aliphatic rings. The van der Waals surface area contributed by atoms with Gasteiger partial charge in [-0.05, 0) is 14.0 Å². The van der Waals surface area contributed by atoms with Gasteiger partial charge in [0.1, 0.15) is 0 Å². The van der Waals surface area contributed by atoms with Crippen LogP contribution in [0.2, 0.25) is 0 Å². The van der Waals surface area contributed by atoms with E-state index in [0.717, 1.165) is 54.7 Å². The first-order valence-electron chi connectivity index (χ1n) is 6.44. The first-order chi connectivity index (χ1) is 8.56. The van der Waals surface area contributed by atoms with Crippen molar-refractivity contribution in [2.45, 2.75) is 20.3 Å². The van der Waals surface area contributed by atoms with Crippen molar-refractivity contribution in [3.8, 4) is 0 Å². The van der Waals surface area contributed by atoms with Gasteiger partial charge in [-0.3, -0.25) is 4.79 Å². The summed E-state index contributed by atoms with van der Waals surface area (Å²) in [7, 11) is 2.17. The monoisotopic (exact) mass is 267 g/mol. The molecule has 2 heterocycles. The molecule has 0 bridgehead atoms. The zero-order chi connectivity index (χ0) is 13.1. The number of carbonyl (C=O) groups is 1. The summed E-state index contributed by atoms with van der Waals surface area (Å²) in [6.45, 7) is 9.17. The Balaban J connectivity index is 1.86. The van der Waals surface area contributed by atoms with Crippen LogP contribution in [0.5, 0.6) is 0 Å². The number of aromatic nitrogens is 1. The maximum atomic E-state index is 11.4. The second-order valence-electron chi connectivity index (χ2n) is 4.97. The summed E-state index contributed by atoms with van der Waals surface area (Å²) in [5, 5.41) is 1.09. The number of nitrogens with zero attached hydrogens (tertiary/aromatic N) is 3. The van der Waals surface area contributed by atoms with Crippen molar-refractivity contribution >= 4 is 17.1 Å². The largest absolute Gasteiger partial charge is 0.304 e. The topological polar surface area (TPSA) is 36.4 Å². The highest BCUT2D eigenvalue weighted by molar-refractivity contribution is 7.13. The van der Waals surface area contributed by atoms with Crippen molar-refractivity contribution in [2.75, 3.05) is 39.8 Å². The Morgan fingerprint density at radius 1 is 1.33 bits per heavy atom. The Morgan fingerprint density at radius 3 is 2.56 bits per heavy atom. The van der Waals surface area contributed by atoms with Crippen LogP contribution in [-0.2, 0) is 6.42 Å². The van der Waals surface area contributed by atoms with Gasteiger partial charge in [0.2, 0.25) is 0 Å². The lowest BCUT2D eigenvalue weighted by molar-refractivity contribution is 0.102. The van der Waals surface area contributed by atoms with Crippen molar-refractivity contribution in [3.05, 3.63) is 15.6 Å². The van der Waals surface area contributed by atoms with Gasteiger partial charge in [-0.25, -0.2) is 4.98 Å². The van der Waals surface area contributed by atoms with E-state index in [0.29, 0.717) is 0 Å². The molecule has 100 valence electrons. The van der Waals surface area contributed by atoms with Gasteiger partial charge in [-0.1, -0.05) is 0 Å². The number of carbonyl (C=O) groups excluding carboxylic acids is 1. The number of thiazole rings is 1. The quantitative estimate of drug-likeness (QED) is 0.774. The molecule has 0 radical (unpaired) electrons. The molecule has 1 aromatic rings. The van der Waals surface area contributed by atoms with Gasteiger partial charge >= 0.3 is 0 Å². The molecule has 1 aliphatic heterocycles. The minimum absolute atomic E-state index is 0.135. The third-order valence-corrected chi connectivity index (χ3v) is 4.72. The van der Waals surface area contributed by atoms with Crippen LogP contribution in [0.1, 0.15) is 27.3 Å². The molecule has 0 aliphatic carbocycles. The van der Waals surface area contributed by atoms with Crippen LogP contribution >= 0.6 is 11.3 Å². The van der Waals surface area contributed by atoms with E-state index < -0.39 is 0 Å². The Morgan fingerprint density at radius 2 is 2.00 bits per heavy atom. The third-order valence-electron chi connectivity index (χ3n) is 3.40. The Bertz CT molecular complexity index is 422. The highest BCUT2D eigenvalue weighted by Crippen LogP contribution is 2.19. The molecule has 0 aromatic carbocycles. The van der Waals surface area contributed by atoms with Crippen LogP contribution in [0.15, 0.2) is 0 Å². The summed E-state index contributed by atoms with van der Waals surface area (Å²) >= 11 is 1.56. The molecule has 0 N–H and O–H groups in total. The van der Waals surface area contributed by atoms with E-state index in [2.05, 4.69) is 21.8 Å². The number of hydrogen-bond acceptors (Lipinski definition) is 5. The van der Waals surface area contributed by atoms with Crippen molar-refractivity contribution in [1.82, 2.24) is 14.8 Å². The summed E-state index contributed by atoms with van der Waals surface area (Å²) < 4.78 is 0. The van der Waals surface area contributed by atoms with Gasteiger partial charge in [0.05, 0.1) is 15.6 Å². The van der Waals surface area contributed by atoms with Gasteiger partial charge < -0.3 is 9.80 Å². The molecule has 1 aromatic heterocycles. The fourth-order valence-corrected chi connectivity index (χ4v) is 3.16. The van der Waals surface area contributed by atoms with Crippen LogP contribution < -0.4 is 0 Å². The number of ketones is 1. The van der Waals surface area contributed by atoms with Crippen molar-refractivity contribution in [1.29, 1.82) is 0 Å². The van der Waals surface area contributed by atoms with Gasteiger partial charge in [0, 0.05) is 46.1 Å². The van der Waals surface area contributed by atoms with E-state index in [4.69, 9.17) is 0 Å². The molecule has 5 heteroatoms. The standard InChI is InChI=1S/C13H21N3OS/c1-10-13(11(2)17)18-12(14-10)4-5-16-8-6-15(3)7-9-16/h4-9H2,1-3H3. The fourth-order valence-electron chi connectivity index (χ4n) is 2.21. The molecule has 2 rings (SSSR count). The first-order valence-corrected chi connectivity index (χ1v) is 7.26. The third kappa shape index (κ3) is 3.37. The van der Waals surface area contributed by atoms with Crippen molar-refractivity contribution in [2.24, 2.45) is 0 Å². The number of Topliss-reactive ketones (excluding diaryl/α,β-unsaturated/α-hetero) is 1. The van der Waals surface area contributed by atoms with E-state index in [9.17, 15) is 4.79 Å². The minimum atomic E-state index is 0.135. The maximum Gasteiger partial charge on any atom is 0.171 e. The molecule has 4 nitrogen and oxygen atoms in total. The minimum Gasteiger partial charge on any atom is -0.304 e. The predicted molar refractivity (Wildman–Crippen MR) is 74.5 cm³/mol. The number of piperazine rings is 1. The summed E-state index contributed by atoms with van der Waals surface area (Å²) in [4.78, 5) is 21.5. The highest BCUT2D eigenvalue weighted by atomic mass is 32.1. The SMILES string of the molecule is CC(=O)c1sc(CCN2CCN(C)CC2)nc1C. The van der Waals surface area contributed by atoms with E-state index >= 15 is 0 Å². The smallest absolute Gasteiger partial charge is 0.171 e. The van der Waals surface area contributed by atoms with Crippen molar-refractivity contribution < 1.29 is 4.79 Å².